The minimum Gasteiger partial charge on any atom is -0.373 e. The van der Waals surface area contributed by atoms with Crippen molar-refractivity contribution in [1.82, 2.24) is 9.97 Å². The van der Waals surface area contributed by atoms with Gasteiger partial charge in [0.15, 0.2) is 0 Å². The van der Waals surface area contributed by atoms with E-state index in [0.29, 0.717) is 6.54 Å². The lowest BCUT2D eigenvalue weighted by Gasteiger charge is -2.20. The van der Waals surface area contributed by atoms with Crippen LogP contribution in [0.25, 0.3) is 0 Å². The summed E-state index contributed by atoms with van der Waals surface area (Å²) in [5, 5.41) is 3.02. The molecule has 0 aliphatic carbocycles. The maximum Gasteiger partial charge on any atom is 0.222 e. The average Bonchev–Trinajstić information content (AvgIpc) is 2.78. The Labute approximate surface area is 100 Å². The maximum absolute atomic E-state index is 11.1. The molecule has 2 heterocycles. The zero-order valence-electron chi connectivity index (χ0n) is 10.1. The van der Waals surface area contributed by atoms with Crippen LogP contribution in [-0.2, 0) is 4.79 Å². The number of amides is 1. The van der Waals surface area contributed by atoms with E-state index in [4.69, 9.17) is 5.73 Å². The number of nitrogens with one attached hydrogen (secondary N) is 1. The Morgan fingerprint density at radius 2 is 2.35 bits per heavy atom. The van der Waals surface area contributed by atoms with Gasteiger partial charge < -0.3 is 16.0 Å². The maximum atomic E-state index is 11.1. The fraction of sp³-hybridized carbons (Fsp3) is 0.545. The summed E-state index contributed by atoms with van der Waals surface area (Å²) in [4.78, 5) is 21.7. The Morgan fingerprint density at radius 3 is 2.94 bits per heavy atom. The van der Waals surface area contributed by atoms with Crippen LogP contribution in [0, 0.1) is 12.8 Å². The van der Waals surface area contributed by atoms with Crippen LogP contribution in [0.3, 0.4) is 0 Å². The second-order valence-corrected chi connectivity index (χ2v) is 4.25. The Bertz CT molecular complexity index is 434. The number of hydrogen-bond acceptors (Lipinski definition) is 5. The second-order valence-electron chi connectivity index (χ2n) is 4.25. The van der Waals surface area contributed by atoms with Gasteiger partial charge in [-0.05, 0) is 13.3 Å². The standard InChI is InChI=1S/C11H17N5O/c1-7-10(13-2)14-6-15-11(7)16-4-3-8(5-16)9(12)17/h6,8H,3-5H2,1-2H3,(H2,12,17)(H,13,14,15). The highest BCUT2D eigenvalue weighted by atomic mass is 16.1. The normalized spacial score (nSPS) is 19.4. The molecular weight excluding hydrogens is 218 g/mol. The van der Waals surface area contributed by atoms with Gasteiger partial charge in [-0.2, -0.15) is 0 Å². The average molecular weight is 235 g/mol. The summed E-state index contributed by atoms with van der Waals surface area (Å²) in [5.74, 6) is 1.40. The number of hydrogen-bond donors (Lipinski definition) is 2. The summed E-state index contributed by atoms with van der Waals surface area (Å²) in [6, 6.07) is 0. The van der Waals surface area contributed by atoms with E-state index in [0.717, 1.165) is 30.2 Å². The highest BCUT2D eigenvalue weighted by molar-refractivity contribution is 5.78. The zero-order valence-corrected chi connectivity index (χ0v) is 10.1. The van der Waals surface area contributed by atoms with Crippen LogP contribution in [-0.4, -0.2) is 36.0 Å². The van der Waals surface area contributed by atoms with E-state index < -0.39 is 0 Å². The van der Waals surface area contributed by atoms with Crippen LogP contribution in [0.1, 0.15) is 12.0 Å². The summed E-state index contributed by atoms with van der Waals surface area (Å²) >= 11 is 0. The molecule has 17 heavy (non-hydrogen) atoms. The first kappa shape index (κ1) is 11.6. The number of primary amides is 1. The van der Waals surface area contributed by atoms with Crippen molar-refractivity contribution >= 4 is 17.5 Å². The van der Waals surface area contributed by atoms with Crippen LogP contribution in [0.4, 0.5) is 11.6 Å². The fourth-order valence-electron chi connectivity index (χ4n) is 2.20. The highest BCUT2D eigenvalue weighted by Crippen LogP contribution is 2.27. The number of nitrogens with zero attached hydrogens (tertiary/aromatic N) is 3. The molecule has 92 valence electrons. The molecule has 1 amide bonds. The molecule has 1 aromatic heterocycles. The summed E-state index contributed by atoms with van der Waals surface area (Å²) in [6.45, 7) is 3.43. The molecule has 1 aliphatic rings. The first-order valence-corrected chi connectivity index (χ1v) is 5.67. The Kier molecular flexibility index (Phi) is 3.12. The van der Waals surface area contributed by atoms with E-state index in [-0.39, 0.29) is 11.8 Å². The van der Waals surface area contributed by atoms with Gasteiger partial charge in [0, 0.05) is 25.7 Å². The number of carbonyl (C=O) groups excluding carboxylic acids is 1. The van der Waals surface area contributed by atoms with Gasteiger partial charge in [0.25, 0.3) is 0 Å². The molecule has 1 saturated heterocycles. The van der Waals surface area contributed by atoms with E-state index in [2.05, 4.69) is 20.2 Å². The smallest absolute Gasteiger partial charge is 0.222 e. The zero-order chi connectivity index (χ0) is 12.4. The van der Waals surface area contributed by atoms with Gasteiger partial charge in [0.2, 0.25) is 5.91 Å². The van der Waals surface area contributed by atoms with Crippen LogP contribution in [0.15, 0.2) is 6.33 Å². The van der Waals surface area contributed by atoms with Gasteiger partial charge in [-0.3, -0.25) is 4.79 Å². The molecule has 0 radical (unpaired) electrons. The third kappa shape index (κ3) is 2.15. The van der Waals surface area contributed by atoms with Crippen molar-refractivity contribution in [1.29, 1.82) is 0 Å². The quantitative estimate of drug-likeness (QED) is 0.778. The third-order valence-electron chi connectivity index (χ3n) is 3.18. The van der Waals surface area contributed by atoms with Crippen molar-refractivity contribution in [3.05, 3.63) is 11.9 Å². The molecule has 6 heteroatoms. The second kappa shape index (κ2) is 4.57. The Balaban J connectivity index is 2.22. The molecule has 1 aliphatic heterocycles. The van der Waals surface area contributed by atoms with Crippen LogP contribution >= 0.6 is 0 Å². The minimum atomic E-state index is -0.229. The molecule has 0 aromatic carbocycles. The largest absolute Gasteiger partial charge is 0.373 e. The highest BCUT2D eigenvalue weighted by Gasteiger charge is 2.28. The number of anilines is 2. The molecule has 0 spiro atoms. The lowest BCUT2D eigenvalue weighted by Crippen LogP contribution is -2.28. The van der Waals surface area contributed by atoms with Crippen LogP contribution in [0.5, 0.6) is 0 Å². The number of rotatable bonds is 3. The minimum absolute atomic E-state index is 0.0672. The predicted octanol–water partition coefficient (Wildman–Crippen LogP) is 0.138. The topological polar surface area (TPSA) is 84.1 Å². The van der Waals surface area contributed by atoms with Crippen molar-refractivity contribution in [3.8, 4) is 0 Å². The van der Waals surface area contributed by atoms with Crippen LogP contribution in [0.2, 0.25) is 0 Å². The lowest BCUT2D eigenvalue weighted by atomic mass is 10.1. The van der Waals surface area contributed by atoms with Gasteiger partial charge in [0.1, 0.15) is 18.0 Å². The molecule has 1 aromatic rings. The molecule has 2 rings (SSSR count). The molecule has 0 bridgehead atoms. The molecule has 1 atom stereocenters. The third-order valence-corrected chi connectivity index (χ3v) is 3.18. The fourth-order valence-corrected chi connectivity index (χ4v) is 2.20. The van der Waals surface area contributed by atoms with Gasteiger partial charge in [-0.1, -0.05) is 0 Å². The summed E-state index contributed by atoms with van der Waals surface area (Å²) in [6.07, 6.45) is 2.33. The van der Waals surface area contributed by atoms with E-state index in [1.807, 2.05) is 14.0 Å². The summed E-state index contributed by atoms with van der Waals surface area (Å²) < 4.78 is 0. The molecular formula is C11H17N5O. The Morgan fingerprint density at radius 1 is 1.59 bits per heavy atom. The van der Waals surface area contributed by atoms with Gasteiger partial charge in [-0.25, -0.2) is 9.97 Å². The van der Waals surface area contributed by atoms with E-state index in [9.17, 15) is 4.79 Å². The molecule has 1 fully saturated rings. The monoisotopic (exact) mass is 235 g/mol. The van der Waals surface area contributed by atoms with E-state index in [1.54, 1.807) is 0 Å². The SMILES string of the molecule is CNc1ncnc(N2CCC(C(N)=O)C2)c1C. The van der Waals surface area contributed by atoms with Crippen molar-refractivity contribution in [2.24, 2.45) is 11.7 Å². The van der Waals surface area contributed by atoms with Crippen molar-refractivity contribution < 1.29 is 4.79 Å². The molecule has 0 saturated carbocycles. The van der Waals surface area contributed by atoms with Crippen molar-refractivity contribution in [2.45, 2.75) is 13.3 Å². The number of aromatic nitrogens is 2. The lowest BCUT2D eigenvalue weighted by molar-refractivity contribution is -0.121. The van der Waals surface area contributed by atoms with Crippen molar-refractivity contribution in [2.75, 3.05) is 30.4 Å². The van der Waals surface area contributed by atoms with Gasteiger partial charge >= 0.3 is 0 Å². The first-order valence-electron chi connectivity index (χ1n) is 5.67. The summed E-state index contributed by atoms with van der Waals surface area (Å²) in [7, 11) is 1.83. The van der Waals surface area contributed by atoms with Crippen LogP contribution < -0.4 is 16.0 Å². The number of nitrogens with two attached hydrogens (primary N) is 1. The van der Waals surface area contributed by atoms with Gasteiger partial charge in [0.05, 0.1) is 5.92 Å². The summed E-state index contributed by atoms with van der Waals surface area (Å²) in [5.41, 5.74) is 6.32. The van der Waals surface area contributed by atoms with E-state index in [1.165, 1.54) is 6.33 Å². The van der Waals surface area contributed by atoms with Crippen molar-refractivity contribution in [3.63, 3.8) is 0 Å². The first-order chi connectivity index (χ1) is 8.13. The molecule has 6 nitrogen and oxygen atoms in total. The Hall–Kier alpha value is -1.85. The van der Waals surface area contributed by atoms with E-state index >= 15 is 0 Å². The predicted molar refractivity (Wildman–Crippen MR) is 65.8 cm³/mol. The molecule has 1 unspecified atom stereocenters. The number of carbonyl (C=O) groups is 1. The molecule has 3 N–H and O–H groups in total. The van der Waals surface area contributed by atoms with Gasteiger partial charge in [-0.15, -0.1) is 0 Å².